The summed E-state index contributed by atoms with van der Waals surface area (Å²) in [6.07, 6.45) is 0.279. The highest BCUT2D eigenvalue weighted by Crippen LogP contribution is 2.32. The zero-order chi connectivity index (χ0) is 25.5. The molecule has 3 aromatic carbocycles. The number of likely N-dealkylation sites (tertiary alicyclic amines) is 1. The van der Waals surface area contributed by atoms with E-state index in [9.17, 15) is 9.90 Å². The molecule has 0 N–H and O–H groups in total. The molecule has 7 nitrogen and oxygen atoms in total. The van der Waals surface area contributed by atoms with E-state index in [1.165, 1.54) is 15.7 Å². The number of hydrogen-bond acceptors (Lipinski definition) is 6. The minimum absolute atomic E-state index is 0.103. The van der Waals surface area contributed by atoms with Crippen LogP contribution in [0.5, 0.6) is 5.75 Å². The molecule has 196 valence electrons. The van der Waals surface area contributed by atoms with Gasteiger partial charge in [-0.2, -0.15) is 0 Å². The van der Waals surface area contributed by atoms with Crippen LogP contribution >= 0.6 is 0 Å². The van der Waals surface area contributed by atoms with Gasteiger partial charge in [-0.15, -0.1) is 0 Å². The van der Waals surface area contributed by atoms with E-state index < -0.39 is 6.09 Å². The Morgan fingerprint density at radius 3 is 2.54 bits per heavy atom. The van der Waals surface area contributed by atoms with Crippen LogP contribution in [0, 0.1) is 0 Å². The summed E-state index contributed by atoms with van der Waals surface area (Å²) in [6, 6.07) is 22.7. The number of carboxylic acid groups (broad SMARTS) is 1. The number of carbonyl (C=O) groups is 1. The quantitative estimate of drug-likeness (QED) is 0.415. The molecule has 0 bridgehead atoms. The van der Waals surface area contributed by atoms with E-state index in [-0.39, 0.29) is 12.0 Å². The first-order valence-corrected chi connectivity index (χ1v) is 13.2. The number of piperidine rings is 1. The highest BCUT2D eigenvalue weighted by atomic mass is 16.5. The number of hydrogen-bond donors (Lipinski definition) is 0. The molecule has 0 saturated carbocycles. The summed E-state index contributed by atoms with van der Waals surface area (Å²) in [5, 5.41) is 13.9. The number of nitrogens with zero attached hydrogens (tertiary/aromatic N) is 2. The second kappa shape index (κ2) is 12.4. The van der Waals surface area contributed by atoms with Crippen molar-refractivity contribution in [2.24, 2.45) is 0 Å². The minimum Gasteiger partial charge on any atom is -0.530 e. The van der Waals surface area contributed by atoms with E-state index in [4.69, 9.17) is 14.2 Å². The second-order valence-electron chi connectivity index (χ2n) is 9.86. The molecule has 2 saturated heterocycles. The predicted molar refractivity (Wildman–Crippen MR) is 141 cm³/mol. The lowest BCUT2D eigenvalue weighted by Gasteiger charge is -2.40. The van der Waals surface area contributed by atoms with Crippen LogP contribution in [0.1, 0.15) is 29.9 Å². The summed E-state index contributed by atoms with van der Waals surface area (Å²) in [7, 11) is 0. The SMILES string of the molecule is O=C([O-])N1CCC(c2ccc(OCCCN3CCOCC3)cc2)C(OCc2ccc3ccccc3c2)C1. The topological polar surface area (TPSA) is 74.3 Å². The number of rotatable bonds is 9. The lowest BCUT2D eigenvalue weighted by atomic mass is 9.87. The fourth-order valence-corrected chi connectivity index (χ4v) is 5.28. The highest BCUT2D eigenvalue weighted by molar-refractivity contribution is 5.82. The first-order chi connectivity index (χ1) is 18.2. The molecule has 37 heavy (non-hydrogen) atoms. The zero-order valence-electron chi connectivity index (χ0n) is 21.2. The molecule has 2 unspecified atom stereocenters. The maximum atomic E-state index is 11.6. The Bertz CT molecular complexity index is 1160. The van der Waals surface area contributed by atoms with Crippen molar-refractivity contribution >= 4 is 16.9 Å². The van der Waals surface area contributed by atoms with Gasteiger partial charge in [0.15, 0.2) is 0 Å². The van der Waals surface area contributed by atoms with Crippen molar-refractivity contribution in [2.75, 3.05) is 52.5 Å². The standard InChI is InChI=1S/C30H36N2O5/c33-30(34)32-14-12-28(29(21-32)37-22-23-6-7-24-4-1-2-5-26(24)20-23)25-8-10-27(11-9-25)36-17-3-13-31-15-18-35-19-16-31/h1-2,4-11,20,28-29H,3,12-19,21-22H2,(H,33,34)/p-1. The Morgan fingerprint density at radius 1 is 0.973 bits per heavy atom. The molecule has 0 radical (unpaired) electrons. The molecule has 0 spiro atoms. The van der Waals surface area contributed by atoms with Crippen LogP contribution < -0.4 is 9.84 Å². The third kappa shape index (κ3) is 6.80. The van der Waals surface area contributed by atoms with Crippen molar-refractivity contribution in [3.05, 3.63) is 77.9 Å². The summed E-state index contributed by atoms with van der Waals surface area (Å²) >= 11 is 0. The van der Waals surface area contributed by atoms with E-state index in [0.717, 1.165) is 56.1 Å². The summed E-state index contributed by atoms with van der Waals surface area (Å²) in [5.74, 6) is 0.956. The monoisotopic (exact) mass is 503 g/mol. The van der Waals surface area contributed by atoms with Gasteiger partial charge in [-0.1, -0.05) is 48.5 Å². The van der Waals surface area contributed by atoms with Gasteiger partial charge < -0.3 is 29.0 Å². The van der Waals surface area contributed by atoms with Crippen LogP contribution in [-0.2, 0) is 16.1 Å². The van der Waals surface area contributed by atoms with Crippen LogP contribution in [0.3, 0.4) is 0 Å². The van der Waals surface area contributed by atoms with Crippen LogP contribution in [0.4, 0.5) is 4.79 Å². The molecule has 2 aliphatic heterocycles. The molecule has 2 aliphatic rings. The van der Waals surface area contributed by atoms with E-state index in [1.54, 1.807) is 0 Å². The Labute approximate surface area is 218 Å². The molecule has 0 aliphatic carbocycles. The molecular weight excluding hydrogens is 468 g/mol. The van der Waals surface area contributed by atoms with Gasteiger partial charge >= 0.3 is 0 Å². The maximum Gasteiger partial charge on any atom is 0.137 e. The van der Waals surface area contributed by atoms with Crippen molar-refractivity contribution in [2.45, 2.75) is 31.5 Å². The highest BCUT2D eigenvalue weighted by Gasteiger charge is 2.31. The van der Waals surface area contributed by atoms with Gasteiger partial charge in [-0.3, -0.25) is 4.90 Å². The summed E-state index contributed by atoms with van der Waals surface area (Å²) in [6.45, 7) is 6.51. The third-order valence-corrected chi connectivity index (χ3v) is 7.39. The largest absolute Gasteiger partial charge is 0.530 e. The average molecular weight is 504 g/mol. The van der Waals surface area contributed by atoms with Gasteiger partial charge in [0.2, 0.25) is 0 Å². The molecule has 0 aromatic heterocycles. The normalized spacial score (nSPS) is 20.7. The molecule has 7 heteroatoms. The molecule has 2 atom stereocenters. The van der Waals surface area contributed by atoms with E-state index in [1.807, 2.05) is 24.3 Å². The fourth-order valence-electron chi connectivity index (χ4n) is 5.28. The van der Waals surface area contributed by atoms with E-state index in [0.29, 0.717) is 32.7 Å². The summed E-state index contributed by atoms with van der Waals surface area (Å²) in [4.78, 5) is 15.3. The first-order valence-electron chi connectivity index (χ1n) is 13.2. The predicted octanol–water partition coefficient (Wildman–Crippen LogP) is 3.66. The molecular formula is C30H35N2O5-. The van der Waals surface area contributed by atoms with Crippen molar-refractivity contribution in [1.82, 2.24) is 9.80 Å². The summed E-state index contributed by atoms with van der Waals surface area (Å²) in [5.41, 5.74) is 2.21. The second-order valence-corrected chi connectivity index (χ2v) is 9.86. The third-order valence-electron chi connectivity index (χ3n) is 7.39. The van der Waals surface area contributed by atoms with Gasteiger partial charge in [0.05, 0.1) is 32.5 Å². The van der Waals surface area contributed by atoms with E-state index in [2.05, 4.69) is 47.4 Å². The molecule has 2 heterocycles. The average Bonchev–Trinajstić information content (AvgIpc) is 2.95. The summed E-state index contributed by atoms with van der Waals surface area (Å²) < 4.78 is 17.7. The van der Waals surface area contributed by atoms with Gasteiger partial charge in [0, 0.05) is 38.6 Å². The van der Waals surface area contributed by atoms with Gasteiger partial charge in [0.1, 0.15) is 11.8 Å². The van der Waals surface area contributed by atoms with Crippen molar-refractivity contribution < 1.29 is 24.1 Å². The first kappa shape index (κ1) is 25.5. The van der Waals surface area contributed by atoms with Crippen molar-refractivity contribution in [1.29, 1.82) is 0 Å². The van der Waals surface area contributed by atoms with Gasteiger partial charge in [0.25, 0.3) is 0 Å². The number of benzene rings is 3. The lowest BCUT2D eigenvalue weighted by Crippen LogP contribution is -2.51. The Hall–Kier alpha value is -3.13. The maximum absolute atomic E-state index is 11.6. The lowest BCUT2D eigenvalue weighted by molar-refractivity contribution is -0.268. The number of fused-ring (bicyclic) bond motifs is 1. The van der Waals surface area contributed by atoms with Crippen LogP contribution in [0.15, 0.2) is 66.7 Å². The number of morpholine rings is 1. The zero-order valence-corrected chi connectivity index (χ0v) is 21.2. The van der Waals surface area contributed by atoms with Crippen LogP contribution in [-0.4, -0.2) is 74.5 Å². The number of ether oxygens (including phenoxy) is 3. The van der Waals surface area contributed by atoms with E-state index >= 15 is 0 Å². The van der Waals surface area contributed by atoms with Crippen molar-refractivity contribution in [3.63, 3.8) is 0 Å². The number of amides is 1. The molecule has 2 fully saturated rings. The Balaban J connectivity index is 1.19. The molecule has 3 aromatic rings. The smallest absolute Gasteiger partial charge is 0.137 e. The number of carbonyl (C=O) groups excluding carboxylic acids is 1. The fraction of sp³-hybridized carbons (Fsp3) is 0.433. The Morgan fingerprint density at radius 2 is 1.76 bits per heavy atom. The van der Waals surface area contributed by atoms with Gasteiger partial charge in [-0.25, -0.2) is 0 Å². The van der Waals surface area contributed by atoms with Crippen molar-refractivity contribution in [3.8, 4) is 5.75 Å². The molecule has 1 amide bonds. The van der Waals surface area contributed by atoms with Gasteiger partial charge in [-0.05, 0) is 52.9 Å². The Kier molecular flexibility index (Phi) is 8.56. The van der Waals surface area contributed by atoms with Crippen LogP contribution in [0.25, 0.3) is 10.8 Å². The molecule has 5 rings (SSSR count). The minimum atomic E-state index is -1.14. The van der Waals surface area contributed by atoms with Crippen LogP contribution in [0.2, 0.25) is 0 Å².